The molecule has 5 heterocycles. The Labute approximate surface area is 258 Å². The maximum absolute atomic E-state index is 14.4. The lowest BCUT2D eigenvalue weighted by atomic mass is 10.3. The van der Waals surface area contributed by atoms with Crippen molar-refractivity contribution in [2.24, 2.45) is 0 Å². The van der Waals surface area contributed by atoms with Gasteiger partial charge in [0, 0.05) is 58.4 Å². The van der Waals surface area contributed by atoms with Crippen LogP contribution < -0.4 is 14.5 Å². The van der Waals surface area contributed by atoms with Crippen LogP contribution in [0.5, 0.6) is 5.75 Å². The Kier molecular flexibility index (Phi) is 9.09. The molecule has 0 unspecified atom stereocenters. The van der Waals surface area contributed by atoms with Crippen LogP contribution in [0.4, 0.5) is 20.4 Å². The number of fused-ring (bicyclic) bond motifs is 1. The van der Waals surface area contributed by atoms with Crippen molar-refractivity contribution in [3.8, 4) is 11.7 Å². The second-order valence-electron chi connectivity index (χ2n) is 10.5. The third kappa shape index (κ3) is 6.34. The summed E-state index contributed by atoms with van der Waals surface area (Å²) in [6.07, 6.45) is -0.721. The number of rotatable bonds is 7. The molecule has 3 aliphatic rings. The first kappa shape index (κ1) is 29.8. The quantitative estimate of drug-likeness (QED) is 0.359. The summed E-state index contributed by atoms with van der Waals surface area (Å²) in [6.45, 7) is 6.59. The average molecular weight is 633 g/mol. The van der Waals surface area contributed by atoms with E-state index in [-0.39, 0.29) is 11.9 Å². The predicted octanol–water partition coefficient (Wildman–Crippen LogP) is 3.36. The van der Waals surface area contributed by atoms with E-state index in [4.69, 9.17) is 31.7 Å². The van der Waals surface area contributed by atoms with E-state index in [2.05, 4.69) is 19.7 Å². The minimum Gasteiger partial charge on any atom is -0.494 e. The van der Waals surface area contributed by atoms with Crippen molar-refractivity contribution in [2.75, 3.05) is 88.2 Å². The SMILES string of the molecule is COc1cccc2c1nc(C(F)F)n2-c1nc(N2CCOCC2)cc(N2CCN(C(=S)SCC(=O)N3CCCC3)CC2)n1. The van der Waals surface area contributed by atoms with Crippen LogP contribution in [0.2, 0.25) is 0 Å². The van der Waals surface area contributed by atoms with Gasteiger partial charge in [-0.2, -0.15) is 9.97 Å². The van der Waals surface area contributed by atoms with Crippen molar-refractivity contribution >= 4 is 56.9 Å². The molecule has 230 valence electrons. The molecule has 3 aromatic rings. The van der Waals surface area contributed by atoms with E-state index in [9.17, 15) is 13.6 Å². The van der Waals surface area contributed by atoms with Crippen LogP contribution in [0.3, 0.4) is 0 Å². The number of likely N-dealkylation sites (tertiary alicyclic amines) is 1. The lowest BCUT2D eigenvalue weighted by Gasteiger charge is -2.37. The van der Waals surface area contributed by atoms with Gasteiger partial charge in [0.15, 0.2) is 5.82 Å². The lowest BCUT2D eigenvalue weighted by Crippen LogP contribution is -2.48. The Bertz CT molecular complexity index is 1470. The van der Waals surface area contributed by atoms with Gasteiger partial charge >= 0.3 is 0 Å². The zero-order valence-corrected chi connectivity index (χ0v) is 25.6. The van der Waals surface area contributed by atoms with Gasteiger partial charge in [-0.1, -0.05) is 30.0 Å². The second-order valence-corrected chi connectivity index (χ2v) is 12.1. The summed E-state index contributed by atoms with van der Waals surface area (Å²) in [5, 5.41) is 0. The van der Waals surface area contributed by atoms with Crippen molar-refractivity contribution in [1.29, 1.82) is 0 Å². The summed E-state index contributed by atoms with van der Waals surface area (Å²) in [5.74, 6) is 1.85. The minimum absolute atomic E-state index is 0.124. The molecular weight excluding hydrogens is 598 g/mol. The molecule has 3 saturated heterocycles. The van der Waals surface area contributed by atoms with Crippen LogP contribution in [0.1, 0.15) is 25.1 Å². The number of imidazole rings is 1. The molecule has 3 aliphatic heterocycles. The highest BCUT2D eigenvalue weighted by atomic mass is 32.2. The number of amides is 1. The molecule has 1 amide bonds. The zero-order chi connectivity index (χ0) is 29.9. The van der Waals surface area contributed by atoms with E-state index in [1.807, 2.05) is 11.0 Å². The third-order valence-electron chi connectivity index (χ3n) is 7.95. The summed E-state index contributed by atoms with van der Waals surface area (Å²) in [7, 11) is 1.48. The Hall–Kier alpha value is -3.30. The highest BCUT2D eigenvalue weighted by Crippen LogP contribution is 2.33. The number of carbonyl (C=O) groups excluding carboxylic acids is 1. The molecule has 15 heteroatoms. The molecule has 0 aliphatic carbocycles. The average Bonchev–Trinajstić information content (AvgIpc) is 3.73. The number of nitrogens with zero attached hydrogens (tertiary/aromatic N) is 8. The number of aromatic nitrogens is 4. The van der Waals surface area contributed by atoms with Crippen molar-refractivity contribution < 1.29 is 23.0 Å². The largest absolute Gasteiger partial charge is 0.494 e. The molecule has 0 N–H and O–H groups in total. The van der Waals surface area contributed by atoms with Gasteiger partial charge in [0.05, 0.1) is 31.6 Å². The van der Waals surface area contributed by atoms with E-state index >= 15 is 0 Å². The van der Waals surface area contributed by atoms with E-state index in [0.717, 1.165) is 25.9 Å². The molecular formula is C28H34F2N8O3S2. The van der Waals surface area contributed by atoms with Gasteiger partial charge in [0.2, 0.25) is 11.9 Å². The molecule has 3 fully saturated rings. The molecule has 1 aromatic carbocycles. The van der Waals surface area contributed by atoms with E-state index in [1.165, 1.54) is 23.4 Å². The van der Waals surface area contributed by atoms with Gasteiger partial charge in [-0.3, -0.25) is 9.36 Å². The van der Waals surface area contributed by atoms with Crippen LogP contribution in [0.15, 0.2) is 24.3 Å². The molecule has 0 spiro atoms. The fourth-order valence-electron chi connectivity index (χ4n) is 5.63. The molecule has 0 bridgehead atoms. The fraction of sp³-hybridized carbons (Fsp3) is 0.536. The lowest BCUT2D eigenvalue weighted by molar-refractivity contribution is -0.127. The standard InChI is InChI=1S/C28H34F2N8O3S2/c1-40-20-6-4-5-19-24(20)33-26(25(29)30)38(19)27-31-21(17-22(32-27)35-13-15-41-16-14-35)34-9-11-37(12-10-34)28(42)43-18-23(39)36-7-2-3-8-36/h4-6,17,25H,2-3,7-16,18H2,1H3. The van der Waals surface area contributed by atoms with Crippen LogP contribution >= 0.6 is 24.0 Å². The number of halogens is 2. The zero-order valence-electron chi connectivity index (χ0n) is 24.0. The molecule has 43 heavy (non-hydrogen) atoms. The maximum atomic E-state index is 14.4. The Morgan fingerprint density at radius 1 is 0.977 bits per heavy atom. The molecule has 11 nitrogen and oxygen atoms in total. The number of hydrogen-bond acceptors (Lipinski definition) is 10. The summed E-state index contributed by atoms with van der Waals surface area (Å²) in [4.78, 5) is 34.5. The normalized spacial score (nSPS) is 17.8. The Morgan fingerprint density at radius 3 is 2.30 bits per heavy atom. The van der Waals surface area contributed by atoms with Gasteiger partial charge in [0.1, 0.15) is 27.2 Å². The maximum Gasteiger partial charge on any atom is 0.296 e. The number of methoxy groups -OCH3 is 1. The van der Waals surface area contributed by atoms with E-state index < -0.39 is 12.2 Å². The smallest absolute Gasteiger partial charge is 0.296 e. The van der Waals surface area contributed by atoms with Gasteiger partial charge in [-0.05, 0) is 25.0 Å². The summed E-state index contributed by atoms with van der Waals surface area (Å²) in [6, 6.07) is 7.05. The number of thioether (sulfide) groups is 1. The Balaban J connectivity index is 1.26. The second kappa shape index (κ2) is 13.1. The number of piperazine rings is 1. The van der Waals surface area contributed by atoms with Crippen molar-refractivity contribution in [3.63, 3.8) is 0 Å². The van der Waals surface area contributed by atoms with Crippen molar-refractivity contribution in [1.82, 2.24) is 29.3 Å². The topological polar surface area (TPSA) is 92.1 Å². The third-order valence-corrected chi connectivity index (χ3v) is 9.46. The number of alkyl halides is 2. The van der Waals surface area contributed by atoms with Gasteiger partial charge in [-0.25, -0.2) is 13.8 Å². The fourth-order valence-corrected chi connectivity index (χ4v) is 6.78. The van der Waals surface area contributed by atoms with Crippen molar-refractivity contribution in [3.05, 3.63) is 30.1 Å². The molecule has 0 atom stereocenters. The van der Waals surface area contributed by atoms with Crippen LogP contribution in [0.25, 0.3) is 17.0 Å². The van der Waals surface area contributed by atoms with Crippen molar-refractivity contribution in [2.45, 2.75) is 19.3 Å². The number of hydrogen-bond donors (Lipinski definition) is 0. The number of anilines is 2. The summed E-state index contributed by atoms with van der Waals surface area (Å²) >= 11 is 7.09. The first-order chi connectivity index (χ1) is 20.9. The Morgan fingerprint density at radius 2 is 1.65 bits per heavy atom. The number of benzene rings is 1. The monoisotopic (exact) mass is 632 g/mol. The number of para-hydroxylation sites is 1. The number of ether oxygens (including phenoxy) is 2. The highest BCUT2D eigenvalue weighted by molar-refractivity contribution is 8.23. The van der Waals surface area contributed by atoms with Crippen LogP contribution in [-0.4, -0.2) is 118 Å². The van der Waals surface area contributed by atoms with Gasteiger partial charge in [0.25, 0.3) is 6.43 Å². The molecule has 0 radical (unpaired) electrons. The molecule has 0 saturated carbocycles. The van der Waals surface area contributed by atoms with Crippen LogP contribution in [0, 0.1) is 0 Å². The van der Waals surface area contributed by atoms with Gasteiger partial charge in [-0.15, -0.1) is 0 Å². The summed E-state index contributed by atoms with van der Waals surface area (Å²) in [5.41, 5.74) is 0.764. The molecule has 6 rings (SSSR count). The summed E-state index contributed by atoms with van der Waals surface area (Å²) < 4.78 is 41.7. The minimum atomic E-state index is -2.85. The number of carbonyl (C=O) groups is 1. The van der Waals surface area contributed by atoms with E-state index in [0.29, 0.717) is 91.0 Å². The first-order valence-corrected chi connectivity index (χ1v) is 15.8. The number of morpholine rings is 1. The van der Waals surface area contributed by atoms with E-state index in [1.54, 1.807) is 18.2 Å². The van der Waals surface area contributed by atoms with Gasteiger partial charge < -0.3 is 29.1 Å². The first-order valence-electron chi connectivity index (χ1n) is 14.4. The number of thiocarbonyl (C=S) groups is 1. The highest BCUT2D eigenvalue weighted by Gasteiger charge is 2.28. The van der Waals surface area contributed by atoms with Crippen LogP contribution in [-0.2, 0) is 9.53 Å². The predicted molar refractivity (Wildman–Crippen MR) is 166 cm³/mol. The molecule has 2 aromatic heterocycles.